The van der Waals surface area contributed by atoms with Crippen molar-refractivity contribution in [2.24, 2.45) is 0 Å². The number of hydrogen-bond acceptors (Lipinski definition) is 5. The molecule has 1 aromatic heterocycles. The van der Waals surface area contributed by atoms with Crippen molar-refractivity contribution in [1.82, 2.24) is 5.32 Å². The maximum Gasteiger partial charge on any atom is 0.261 e. The second-order valence-corrected chi connectivity index (χ2v) is 5.80. The highest BCUT2D eigenvalue weighted by molar-refractivity contribution is 7.15. The van der Waals surface area contributed by atoms with Crippen molar-refractivity contribution in [3.63, 3.8) is 0 Å². The van der Waals surface area contributed by atoms with E-state index in [1.54, 1.807) is 43.5 Å². The van der Waals surface area contributed by atoms with Crippen LogP contribution in [0.4, 0.5) is 0 Å². The van der Waals surface area contributed by atoms with Crippen LogP contribution in [0.3, 0.4) is 0 Å². The fourth-order valence-corrected chi connectivity index (χ4v) is 2.69. The van der Waals surface area contributed by atoms with Crippen LogP contribution in [-0.2, 0) is 0 Å². The van der Waals surface area contributed by atoms with E-state index in [1.165, 1.54) is 6.92 Å². The first-order valence-electron chi connectivity index (χ1n) is 6.72. The van der Waals surface area contributed by atoms with Crippen LogP contribution in [0.1, 0.15) is 37.9 Å². The number of benzene rings is 1. The number of rotatable bonds is 6. The van der Waals surface area contributed by atoms with Crippen molar-refractivity contribution in [1.29, 1.82) is 0 Å². The van der Waals surface area contributed by atoms with Crippen LogP contribution in [0.2, 0.25) is 0 Å². The van der Waals surface area contributed by atoms with Gasteiger partial charge in [0.15, 0.2) is 5.78 Å². The lowest BCUT2D eigenvalue weighted by molar-refractivity contribution is 0.0920. The standard InChI is InChI=1S/C16H17NO4S/c1-10(18)14-7-8-15(22-14)16(20)17-9-13(19)11-3-5-12(21-2)6-4-11/h3-8,13,19H,9H2,1-2H3,(H,17,20)/t13-/m0/s1. The Balaban J connectivity index is 1.92. The molecule has 1 heterocycles. The normalized spacial score (nSPS) is 11.8. The van der Waals surface area contributed by atoms with Gasteiger partial charge in [-0.1, -0.05) is 12.1 Å². The molecule has 0 unspecified atom stereocenters. The molecule has 2 aromatic rings. The Bertz CT molecular complexity index is 663. The minimum absolute atomic E-state index is 0.0673. The number of amides is 1. The fourth-order valence-electron chi connectivity index (χ4n) is 1.87. The van der Waals surface area contributed by atoms with Crippen molar-refractivity contribution >= 4 is 23.0 Å². The van der Waals surface area contributed by atoms with E-state index in [0.29, 0.717) is 21.1 Å². The molecule has 0 aliphatic rings. The van der Waals surface area contributed by atoms with E-state index in [0.717, 1.165) is 11.3 Å². The van der Waals surface area contributed by atoms with Gasteiger partial charge in [0.2, 0.25) is 0 Å². The minimum Gasteiger partial charge on any atom is -0.497 e. The summed E-state index contributed by atoms with van der Waals surface area (Å²) in [7, 11) is 1.57. The summed E-state index contributed by atoms with van der Waals surface area (Å²) in [5, 5.41) is 12.7. The molecule has 22 heavy (non-hydrogen) atoms. The molecular formula is C16H17NO4S. The van der Waals surface area contributed by atoms with Crippen molar-refractivity contribution in [3.05, 3.63) is 51.7 Å². The Kier molecular flexibility index (Phi) is 5.30. The molecule has 0 bridgehead atoms. The summed E-state index contributed by atoms with van der Waals surface area (Å²) < 4.78 is 5.05. The topological polar surface area (TPSA) is 75.6 Å². The van der Waals surface area contributed by atoms with Crippen LogP contribution in [0.25, 0.3) is 0 Å². The molecule has 0 fully saturated rings. The Morgan fingerprint density at radius 2 is 1.82 bits per heavy atom. The smallest absolute Gasteiger partial charge is 0.261 e. The summed E-state index contributed by atoms with van der Waals surface area (Å²) in [6.45, 7) is 1.55. The summed E-state index contributed by atoms with van der Waals surface area (Å²) in [6, 6.07) is 10.2. The molecule has 0 saturated carbocycles. The largest absolute Gasteiger partial charge is 0.497 e. The molecule has 6 heteroatoms. The third-order valence-electron chi connectivity index (χ3n) is 3.13. The van der Waals surface area contributed by atoms with E-state index in [9.17, 15) is 14.7 Å². The molecule has 0 radical (unpaired) electrons. The number of carbonyl (C=O) groups is 2. The van der Waals surface area contributed by atoms with E-state index in [1.807, 2.05) is 0 Å². The number of Topliss-reactive ketones (excluding diaryl/α,β-unsaturated/α-hetero) is 1. The summed E-state index contributed by atoms with van der Waals surface area (Å²) in [5.74, 6) is 0.336. The molecule has 0 aliphatic heterocycles. The number of ether oxygens (including phenoxy) is 1. The highest BCUT2D eigenvalue weighted by atomic mass is 32.1. The summed E-state index contributed by atoms with van der Waals surface area (Å²) >= 11 is 1.14. The number of hydrogen-bond donors (Lipinski definition) is 2. The van der Waals surface area contributed by atoms with Crippen molar-refractivity contribution in [2.45, 2.75) is 13.0 Å². The van der Waals surface area contributed by atoms with Gasteiger partial charge in [-0.15, -0.1) is 11.3 Å². The van der Waals surface area contributed by atoms with Gasteiger partial charge in [-0.2, -0.15) is 0 Å². The molecular weight excluding hydrogens is 302 g/mol. The second kappa shape index (κ2) is 7.20. The third kappa shape index (κ3) is 3.93. The second-order valence-electron chi connectivity index (χ2n) is 4.72. The predicted octanol–water partition coefficient (Wildman–Crippen LogP) is 2.42. The van der Waals surface area contributed by atoms with Crippen molar-refractivity contribution in [3.8, 4) is 5.75 Å². The molecule has 5 nitrogen and oxygen atoms in total. The third-order valence-corrected chi connectivity index (χ3v) is 4.32. The van der Waals surface area contributed by atoms with E-state index in [-0.39, 0.29) is 18.2 Å². The van der Waals surface area contributed by atoms with Gasteiger partial charge in [-0.25, -0.2) is 0 Å². The summed E-state index contributed by atoms with van der Waals surface area (Å²) in [5.41, 5.74) is 0.691. The molecule has 1 amide bonds. The molecule has 0 spiro atoms. The Labute approximate surface area is 132 Å². The lowest BCUT2D eigenvalue weighted by atomic mass is 10.1. The average Bonchev–Trinajstić information content (AvgIpc) is 3.02. The molecule has 0 saturated heterocycles. The van der Waals surface area contributed by atoms with Gasteiger partial charge < -0.3 is 15.2 Å². The summed E-state index contributed by atoms with van der Waals surface area (Å²) in [4.78, 5) is 24.2. The van der Waals surface area contributed by atoms with E-state index in [4.69, 9.17) is 4.74 Å². The zero-order valence-electron chi connectivity index (χ0n) is 12.3. The fraction of sp³-hybridized carbons (Fsp3) is 0.250. The molecule has 2 rings (SSSR count). The van der Waals surface area contributed by atoms with Crippen LogP contribution in [-0.4, -0.2) is 30.5 Å². The zero-order valence-corrected chi connectivity index (χ0v) is 13.1. The lowest BCUT2D eigenvalue weighted by Gasteiger charge is -2.12. The van der Waals surface area contributed by atoms with E-state index < -0.39 is 6.10 Å². The first kappa shape index (κ1) is 16.2. The molecule has 2 N–H and O–H groups in total. The molecule has 1 atom stereocenters. The van der Waals surface area contributed by atoms with Gasteiger partial charge in [0, 0.05) is 6.54 Å². The van der Waals surface area contributed by atoms with E-state index >= 15 is 0 Å². The number of ketones is 1. The Hall–Kier alpha value is -2.18. The van der Waals surface area contributed by atoms with Gasteiger partial charge in [0.25, 0.3) is 5.91 Å². The SMILES string of the molecule is COc1ccc([C@@H](O)CNC(=O)c2ccc(C(C)=O)s2)cc1. The minimum atomic E-state index is -0.804. The maximum absolute atomic E-state index is 12.0. The quantitative estimate of drug-likeness (QED) is 0.802. The van der Waals surface area contributed by atoms with Crippen LogP contribution < -0.4 is 10.1 Å². The monoisotopic (exact) mass is 319 g/mol. The molecule has 0 aliphatic carbocycles. The van der Waals surface area contributed by atoms with Gasteiger partial charge in [-0.05, 0) is 36.8 Å². The first-order chi connectivity index (χ1) is 10.5. The van der Waals surface area contributed by atoms with Crippen LogP contribution in [0.15, 0.2) is 36.4 Å². The predicted molar refractivity (Wildman–Crippen MR) is 84.6 cm³/mol. The highest BCUT2D eigenvalue weighted by Crippen LogP contribution is 2.19. The number of thiophene rings is 1. The molecule has 1 aromatic carbocycles. The molecule has 116 valence electrons. The Morgan fingerprint density at radius 3 is 2.36 bits per heavy atom. The highest BCUT2D eigenvalue weighted by Gasteiger charge is 2.14. The number of aliphatic hydroxyl groups is 1. The number of methoxy groups -OCH3 is 1. The number of carbonyl (C=O) groups excluding carboxylic acids is 2. The number of aliphatic hydroxyl groups excluding tert-OH is 1. The van der Waals surface area contributed by atoms with E-state index in [2.05, 4.69) is 5.32 Å². The lowest BCUT2D eigenvalue weighted by Crippen LogP contribution is -2.27. The zero-order chi connectivity index (χ0) is 16.1. The maximum atomic E-state index is 12.0. The average molecular weight is 319 g/mol. The van der Waals surface area contributed by atoms with Crippen LogP contribution in [0, 0.1) is 0 Å². The van der Waals surface area contributed by atoms with Gasteiger partial charge in [0.05, 0.1) is 23.0 Å². The summed E-state index contributed by atoms with van der Waals surface area (Å²) in [6.07, 6.45) is -0.804. The first-order valence-corrected chi connectivity index (χ1v) is 7.54. The van der Waals surface area contributed by atoms with Gasteiger partial charge in [0.1, 0.15) is 5.75 Å². The Morgan fingerprint density at radius 1 is 1.18 bits per heavy atom. The van der Waals surface area contributed by atoms with Crippen LogP contribution in [0.5, 0.6) is 5.75 Å². The van der Waals surface area contributed by atoms with Crippen LogP contribution >= 0.6 is 11.3 Å². The van der Waals surface area contributed by atoms with Gasteiger partial charge in [-0.3, -0.25) is 9.59 Å². The number of nitrogens with one attached hydrogen (secondary N) is 1. The van der Waals surface area contributed by atoms with Gasteiger partial charge >= 0.3 is 0 Å². The van der Waals surface area contributed by atoms with Crippen molar-refractivity contribution < 1.29 is 19.4 Å². The van der Waals surface area contributed by atoms with Crippen molar-refractivity contribution in [2.75, 3.05) is 13.7 Å².